The van der Waals surface area contributed by atoms with Crippen LogP contribution < -0.4 is 0 Å². The van der Waals surface area contributed by atoms with Gasteiger partial charge in [-0.3, -0.25) is 0 Å². The molecule has 1 aromatic heterocycles. The second kappa shape index (κ2) is 8.68. The van der Waals surface area contributed by atoms with Crippen LogP contribution in [0.15, 0.2) is 10.5 Å². The normalized spacial score (nSPS) is 10.8. The zero-order valence-corrected chi connectivity index (χ0v) is 11.3. The summed E-state index contributed by atoms with van der Waals surface area (Å²) in [5.74, 6) is -0.0924. The molecule has 0 aliphatic carbocycles. The monoisotopic (exact) mass is 272 g/mol. The van der Waals surface area contributed by atoms with Gasteiger partial charge >= 0.3 is 5.97 Å². The number of aryl methyl sites for hydroxylation is 1. The quantitative estimate of drug-likeness (QED) is 0.655. The summed E-state index contributed by atoms with van der Waals surface area (Å²) in [6, 6.07) is 1.48. The van der Waals surface area contributed by atoms with Crippen molar-refractivity contribution in [1.29, 1.82) is 0 Å². The topological polar surface area (TPSA) is 78.1 Å². The highest BCUT2D eigenvalue weighted by Crippen LogP contribution is 2.15. The lowest BCUT2D eigenvalue weighted by Gasteiger charge is -2.04. The number of methoxy groups -OCH3 is 1. The van der Waals surface area contributed by atoms with Gasteiger partial charge in [-0.1, -0.05) is 0 Å². The molecule has 108 valence electrons. The van der Waals surface area contributed by atoms with Crippen LogP contribution in [0.5, 0.6) is 0 Å². The molecule has 0 aliphatic heterocycles. The number of ether oxygens (including phenoxy) is 3. The van der Waals surface area contributed by atoms with E-state index < -0.39 is 5.97 Å². The number of rotatable bonds is 10. The zero-order valence-electron chi connectivity index (χ0n) is 11.3. The van der Waals surface area contributed by atoms with Crippen molar-refractivity contribution in [2.75, 3.05) is 33.5 Å². The maximum atomic E-state index is 10.8. The van der Waals surface area contributed by atoms with Crippen LogP contribution in [-0.2, 0) is 20.8 Å². The van der Waals surface area contributed by atoms with E-state index >= 15 is 0 Å². The van der Waals surface area contributed by atoms with Crippen molar-refractivity contribution in [2.24, 2.45) is 0 Å². The second-order valence-corrected chi connectivity index (χ2v) is 4.00. The smallest absolute Gasteiger partial charge is 0.339 e. The van der Waals surface area contributed by atoms with Crippen molar-refractivity contribution in [3.05, 3.63) is 23.2 Å². The van der Waals surface area contributed by atoms with Crippen LogP contribution in [0.25, 0.3) is 0 Å². The van der Waals surface area contributed by atoms with E-state index in [9.17, 15) is 4.79 Å². The van der Waals surface area contributed by atoms with Crippen molar-refractivity contribution >= 4 is 5.97 Å². The number of carboxylic acid groups (broad SMARTS) is 1. The standard InChI is InChI=1S/C13H20O6/c1-10-12(13(14)15)8-11(19-10)9-18-7-6-17-5-3-4-16-2/h8H,3-7,9H2,1-2H3,(H,14,15). The van der Waals surface area contributed by atoms with Crippen molar-refractivity contribution in [2.45, 2.75) is 20.0 Å². The molecule has 0 amide bonds. The van der Waals surface area contributed by atoms with Gasteiger partial charge in [0.2, 0.25) is 0 Å². The molecular formula is C13H20O6. The van der Waals surface area contributed by atoms with Crippen molar-refractivity contribution in [1.82, 2.24) is 0 Å². The zero-order chi connectivity index (χ0) is 14.1. The third-order valence-electron chi connectivity index (χ3n) is 2.45. The first-order chi connectivity index (χ1) is 9.15. The Morgan fingerprint density at radius 1 is 1.26 bits per heavy atom. The van der Waals surface area contributed by atoms with Gasteiger partial charge in [-0.25, -0.2) is 4.79 Å². The molecular weight excluding hydrogens is 252 g/mol. The van der Waals surface area contributed by atoms with E-state index in [2.05, 4.69) is 0 Å². The molecule has 6 nitrogen and oxygen atoms in total. The highest BCUT2D eigenvalue weighted by Gasteiger charge is 2.13. The molecule has 0 atom stereocenters. The molecule has 1 aromatic rings. The summed E-state index contributed by atoms with van der Waals surface area (Å²) in [4.78, 5) is 10.8. The lowest BCUT2D eigenvalue weighted by Crippen LogP contribution is -2.06. The average molecular weight is 272 g/mol. The van der Waals surface area contributed by atoms with Crippen LogP contribution >= 0.6 is 0 Å². The van der Waals surface area contributed by atoms with Gasteiger partial charge in [-0.2, -0.15) is 0 Å². The van der Waals surface area contributed by atoms with Crippen LogP contribution in [0.1, 0.15) is 28.3 Å². The van der Waals surface area contributed by atoms with Gasteiger partial charge in [0.05, 0.1) is 13.2 Å². The van der Waals surface area contributed by atoms with Crippen LogP contribution in [0.2, 0.25) is 0 Å². The second-order valence-electron chi connectivity index (χ2n) is 4.00. The number of carbonyl (C=O) groups is 1. The third-order valence-corrected chi connectivity index (χ3v) is 2.45. The van der Waals surface area contributed by atoms with Crippen LogP contribution in [0.3, 0.4) is 0 Å². The number of furan rings is 1. The molecule has 1 N–H and O–H groups in total. The van der Waals surface area contributed by atoms with E-state index in [0.717, 1.165) is 6.42 Å². The van der Waals surface area contributed by atoms with Crippen LogP contribution in [0, 0.1) is 6.92 Å². The van der Waals surface area contributed by atoms with Gasteiger partial charge in [0.1, 0.15) is 23.7 Å². The molecule has 1 heterocycles. The fourth-order valence-electron chi connectivity index (χ4n) is 1.53. The SMILES string of the molecule is COCCCOCCOCc1cc(C(=O)O)c(C)o1. The molecule has 0 bridgehead atoms. The Morgan fingerprint density at radius 3 is 2.63 bits per heavy atom. The van der Waals surface area contributed by atoms with Crippen molar-refractivity contribution in [3.8, 4) is 0 Å². The first-order valence-corrected chi connectivity index (χ1v) is 6.12. The Hall–Kier alpha value is -1.37. The Morgan fingerprint density at radius 2 is 2.00 bits per heavy atom. The average Bonchev–Trinajstić information content (AvgIpc) is 2.74. The number of carboxylic acids is 1. The highest BCUT2D eigenvalue weighted by molar-refractivity contribution is 5.88. The molecule has 0 aliphatic rings. The van der Waals surface area contributed by atoms with Crippen molar-refractivity contribution in [3.63, 3.8) is 0 Å². The van der Waals surface area contributed by atoms with Gasteiger partial charge in [0, 0.05) is 20.3 Å². The molecule has 0 radical (unpaired) electrons. The maximum Gasteiger partial charge on any atom is 0.339 e. The lowest BCUT2D eigenvalue weighted by atomic mass is 10.2. The Bertz CT molecular complexity index is 384. The minimum absolute atomic E-state index is 0.175. The number of hydrogen-bond donors (Lipinski definition) is 1. The highest BCUT2D eigenvalue weighted by atomic mass is 16.5. The first-order valence-electron chi connectivity index (χ1n) is 6.12. The third kappa shape index (κ3) is 5.87. The van der Waals surface area contributed by atoms with Gasteiger partial charge in [-0.05, 0) is 19.4 Å². The Balaban J connectivity index is 2.12. The summed E-state index contributed by atoms with van der Waals surface area (Å²) in [5, 5.41) is 8.86. The summed E-state index contributed by atoms with van der Waals surface area (Å²) in [5.41, 5.74) is 0.175. The molecule has 0 fully saturated rings. The van der Waals surface area contributed by atoms with Gasteiger partial charge in [0.25, 0.3) is 0 Å². The predicted octanol–water partition coefficient (Wildman–Crippen LogP) is 1.86. The summed E-state index contributed by atoms with van der Waals surface area (Å²) in [6.45, 7) is 4.12. The lowest BCUT2D eigenvalue weighted by molar-refractivity contribution is 0.0285. The summed E-state index contributed by atoms with van der Waals surface area (Å²) in [6.07, 6.45) is 0.857. The van der Waals surface area contributed by atoms with E-state index in [1.165, 1.54) is 6.07 Å². The minimum Gasteiger partial charge on any atom is -0.478 e. The van der Waals surface area contributed by atoms with Crippen LogP contribution in [-0.4, -0.2) is 44.6 Å². The van der Waals surface area contributed by atoms with Crippen LogP contribution in [0.4, 0.5) is 0 Å². The summed E-state index contributed by atoms with van der Waals surface area (Å²) < 4.78 is 20.8. The molecule has 0 saturated carbocycles. The Labute approximate surface area is 112 Å². The van der Waals surface area contributed by atoms with E-state index in [4.69, 9.17) is 23.7 Å². The molecule has 1 rings (SSSR count). The molecule has 0 spiro atoms. The van der Waals surface area contributed by atoms with Gasteiger partial charge in [-0.15, -0.1) is 0 Å². The van der Waals surface area contributed by atoms with E-state index in [1.807, 2.05) is 0 Å². The van der Waals surface area contributed by atoms with Gasteiger partial charge in [0.15, 0.2) is 0 Å². The molecule has 0 aromatic carbocycles. The first kappa shape index (κ1) is 15.7. The molecule has 0 saturated heterocycles. The fourth-order valence-corrected chi connectivity index (χ4v) is 1.53. The maximum absolute atomic E-state index is 10.8. The fraction of sp³-hybridized carbons (Fsp3) is 0.615. The largest absolute Gasteiger partial charge is 0.478 e. The Kier molecular flexibility index (Phi) is 7.17. The molecule has 19 heavy (non-hydrogen) atoms. The molecule has 0 unspecified atom stereocenters. The number of hydrogen-bond acceptors (Lipinski definition) is 5. The van der Waals surface area contributed by atoms with Crippen molar-refractivity contribution < 1.29 is 28.5 Å². The number of aromatic carboxylic acids is 1. The summed E-state index contributed by atoms with van der Waals surface area (Å²) in [7, 11) is 1.65. The predicted molar refractivity (Wildman–Crippen MR) is 67.4 cm³/mol. The van der Waals surface area contributed by atoms with E-state index in [0.29, 0.717) is 37.9 Å². The van der Waals surface area contributed by atoms with E-state index in [-0.39, 0.29) is 12.2 Å². The summed E-state index contributed by atoms with van der Waals surface area (Å²) >= 11 is 0. The van der Waals surface area contributed by atoms with Gasteiger partial charge < -0.3 is 23.7 Å². The van der Waals surface area contributed by atoms with E-state index in [1.54, 1.807) is 14.0 Å². The minimum atomic E-state index is -0.992. The molecule has 6 heteroatoms.